The van der Waals surface area contributed by atoms with Gasteiger partial charge >= 0.3 is 5.97 Å². The number of benzene rings is 1. The number of halogens is 1. The summed E-state index contributed by atoms with van der Waals surface area (Å²) < 4.78 is 28.2. The number of piperazine rings is 1. The Kier molecular flexibility index (Phi) is 4.37. The van der Waals surface area contributed by atoms with Crippen LogP contribution in [0.5, 0.6) is 0 Å². The number of aliphatic carboxylic acids is 1. The minimum atomic E-state index is -3.73. The molecule has 1 aliphatic rings. The molecule has 9 heteroatoms. The van der Waals surface area contributed by atoms with Crippen LogP contribution in [0, 0.1) is 6.92 Å². The Morgan fingerprint density at radius 1 is 1.48 bits per heavy atom. The van der Waals surface area contributed by atoms with Crippen molar-refractivity contribution >= 4 is 49.0 Å². The summed E-state index contributed by atoms with van der Waals surface area (Å²) in [6.45, 7) is 2.23. The van der Waals surface area contributed by atoms with Crippen molar-refractivity contribution in [2.45, 2.75) is 17.2 Å². The fourth-order valence-corrected chi connectivity index (χ4v) is 6.15. The number of carboxylic acid groups (broad SMARTS) is 1. The number of carbonyl (C=O) groups is 1. The normalized spacial score (nSPS) is 20.0. The minimum Gasteiger partial charge on any atom is -0.480 e. The molecule has 0 amide bonds. The van der Waals surface area contributed by atoms with Crippen LogP contribution in [0.1, 0.15) is 5.56 Å². The van der Waals surface area contributed by atoms with E-state index >= 15 is 0 Å². The summed E-state index contributed by atoms with van der Waals surface area (Å²) in [4.78, 5) is 11.1. The lowest BCUT2D eigenvalue weighted by Gasteiger charge is -2.30. The molecule has 2 heterocycles. The highest BCUT2D eigenvalue weighted by Gasteiger charge is 2.35. The van der Waals surface area contributed by atoms with E-state index in [9.17, 15) is 13.2 Å². The van der Waals surface area contributed by atoms with Crippen molar-refractivity contribution in [2.24, 2.45) is 0 Å². The number of rotatable bonds is 3. The van der Waals surface area contributed by atoms with Gasteiger partial charge in [-0.25, -0.2) is 8.42 Å². The van der Waals surface area contributed by atoms with Crippen LogP contribution in [0.3, 0.4) is 0 Å². The molecule has 0 saturated carbocycles. The van der Waals surface area contributed by atoms with E-state index in [0.717, 1.165) is 10.1 Å². The Balaban J connectivity index is 2.03. The molecule has 1 aromatic carbocycles. The summed E-state index contributed by atoms with van der Waals surface area (Å²) in [6, 6.07) is 4.38. The van der Waals surface area contributed by atoms with Gasteiger partial charge in [-0.1, -0.05) is 11.6 Å². The van der Waals surface area contributed by atoms with Gasteiger partial charge < -0.3 is 10.4 Å². The molecule has 1 saturated heterocycles. The van der Waals surface area contributed by atoms with Gasteiger partial charge in [0.05, 0.1) is 0 Å². The molecule has 0 spiro atoms. The van der Waals surface area contributed by atoms with Crippen molar-refractivity contribution in [1.82, 2.24) is 9.62 Å². The average molecular weight is 375 g/mol. The first-order chi connectivity index (χ1) is 10.8. The Morgan fingerprint density at radius 2 is 2.22 bits per heavy atom. The van der Waals surface area contributed by atoms with E-state index in [2.05, 4.69) is 5.32 Å². The molecule has 23 heavy (non-hydrogen) atoms. The van der Waals surface area contributed by atoms with Crippen LogP contribution >= 0.6 is 22.9 Å². The van der Waals surface area contributed by atoms with Gasteiger partial charge in [0, 0.05) is 29.4 Å². The third kappa shape index (κ3) is 2.97. The summed E-state index contributed by atoms with van der Waals surface area (Å²) in [5.41, 5.74) is 0.651. The van der Waals surface area contributed by atoms with Crippen LogP contribution in [-0.4, -0.2) is 49.5 Å². The predicted octanol–water partition coefficient (Wildman–Crippen LogP) is 1.91. The van der Waals surface area contributed by atoms with Crippen molar-refractivity contribution in [3.8, 4) is 0 Å². The molecule has 1 aromatic heterocycles. The smallest absolute Gasteiger partial charge is 0.322 e. The SMILES string of the molecule is Cc1c(S(=O)(=O)N2CCNC(C(=O)O)C2)sc2ccc(Cl)cc12. The van der Waals surface area contributed by atoms with Crippen molar-refractivity contribution < 1.29 is 18.3 Å². The van der Waals surface area contributed by atoms with Crippen LogP contribution in [-0.2, 0) is 14.8 Å². The first-order valence-corrected chi connectivity index (χ1v) is 9.59. The number of nitrogens with one attached hydrogen (secondary N) is 1. The highest BCUT2D eigenvalue weighted by Crippen LogP contribution is 2.37. The second kappa shape index (κ2) is 6.03. The van der Waals surface area contributed by atoms with Crippen molar-refractivity contribution in [3.63, 3.8) is 0 Å². The Labute approximate surface area is 142 Å². The van der Waals surface area contributed by atoms with Crippen LogP contribution in [0.4, 0.5) is 0 Å². The lowest BCUT2D eigenvalue weighted by molar-refractivity contribution is -0.140. The number of carboxylic acids is 1. The molecular weight excluding hydrogens is 360 g/mol. The standard InChI is InChI=1S/C14H15ClN2O4S2/c1-8-10-6-9(15)2-3-12(10)22-14(8)23(20,21)17-5-4-16-11(7-17)13(18)19/h2-3,6,11,16H,4-5,7H2,1H3,(H,18,19). The topological polar surface area (TPSA) is 86.7 Å². The largest absolute Gasteiger partial charge is 0.480 e. The Morgan fingerprint density at radius 3 is 2.91 bits per heavy atom. The first kappa shape index (κ1) is 16.7. The molecule has 1 unspecified atom stereocenters. The summed E-state index contributed by atoms with van der Waals surface area (Å²) in [7, 11) is -3.73. The zero-order valence-electron chi connectivity index (χ0n) is 12.2. The van der Waals surface area contributed by atoms with Gasteiger partial charge in [0.15, 0.2) is 0 Å². The predicted molar refractivity (Wildman–Crippen MR) is 89.8 cm³/mol. The number of aryl methyl sites for hydroxylation is 1. The Bertz CT molecular complexity index is 878. The maximum Gasteiger partial charge on any atom is 0.322 e. The molecule has 1 fully saturated rings. The van der Waals surface area contributed by atoms with Crippen molar-refractivity contribution in [3.05, 3.63) is 28.8 Å². The van der Waals surface area contributed by atoms with Crippen molar-refractivity contribution in [2.75, 3.05) is 19.6 Å². The lowest BCUT2D eigenvalue weighted by atomic mass is 10.2. The van der Waals surface area contributed by atoms with E-state index in [1.165, 1.54) is 15.6 Å². The number of sulfonamides is 1. The summed E-state index contributed by atoms with van der Waals surface area (Å²) >= 11 is 7.17. The molecule has 0 aliphatic carbocycles. The van der Waals surface area contributed by atoms with E-state index in [4.69, 9.17) is 16.7 Å². The third-order valence-corrected chi connectivity index (χ3v) is 7.84. The first-order valence-electron chi connectivity index (χ1n) is 6.95. The number of fused-ring (bicyclic) bond motifs is 1. The quantitative estimate of drug-likeness (QED) is 0.857. The lowest BCUT2D eigenvalue weighted by Crippen LogP contribution is -2.55. The van der Waals surface area contributed by atoms with E-state index in [1.807, 2.05) is 0 Å². The van der Waals surface area contributed by atoms with Crippen molar-refractivity contribution in [1.29, 1.82) is 0 Å². The number of nitrogens with zero attached hydrogens (tertiary/aromatic N) is 1. The van der Waals surface area contributed by atoms with Gasteiger partial charge in [-0.2, -0.15) is 4.31 Å². The molecule has 2 N–H and O–H groups in total. The van der Waals surface area contributed by atoms with Crippen LogP contribution in [0.2, 0.25) is 5.02 Å². The number of thiophene rings is 1. The molecule has 3 rings (SSSR count). The number of hydrogen-bond acceptors (Lipinski definition) is 5. The van der Waals surface area contributed by atoms with Gasteiger partial charge in [-0.3, -0.25) is 4.79 Å². The molecule has 0 radical (unpaired) electrons. The molecule has 1 aliphatic heterocycles. The van der Waals surface area contributed by atoms with Gasteiger partial charge in [0.25, 0.3) is 10.0 Å². The van der Waals surface area contributed by atoms with E-state index in [1.54, 1.807) is 25.1 Å². The van der Waals surface area contributed by atoms with Crippen LogP contribution in [0.25, 0.3) is 10.1 Å². The van der Waals surface area contributed by atoms with Gasteiger partial charge in [-0.15, -0.1) is 11.3 Å². The summed E-state index contributed by atoms with van der Waals surface area (Å²) in [5.74, 6) is -1.05. The van der Waals surface area contributed by atoms with Crippen LogP contribution in [0.15, 0.2) is 22.4 Å². The zero-order valence-corrected chi connectivity index (χ0v) is 14.6. The molecule has 2 aromatic rings. The van der Waals surface area contributed by atoms with Crippen LogP contribution < -0.4 is 5.32 Å². The highest BCUT2D eigenvalue weighted by atomic mass is 35.5. The monoisotopic (exact) mass is 374 g/mol. The second-order valence-corrected chi connectivity index (χ2v) is 8.98. The zero-order chi connectivity index (χ0) is 16.8. The van der Waals surface area contributed by atoms with E-state index in [0.29, 0.717) is 17.1 Å². The molecular formula is C14H15ClN2O4S2. The Hall–Kier alpha value is -1.19. The average Bonchev–Trinajstić information content (AvgIpc) is 2.85. The molecule has 1 atom stereocenters. The highest BCUT2D eigenvalue weighted by molar-refractivity contribution is 7.91. The second-order valence-electron chi connectivity index (χ2n) is 5.36. The summed E-state index contributed by atoms with van der Waals surface area (Å²) in [6.07, 6.45) is 0. The van der Waals surface area contributed by atoms with Gasteiger partial charge in [-0.05, 0) is 36.1 Å². The van der Waals surface area contributed by atoms with E-state index < -0.39 is 22.0 Å². The maximum absolute atomic E-state index is 12.9. The fraction of sp³-hybridized carbons (Fsp3) is 0.357. The fourth-order valence-electron chi connectivity index (χ4n) is 2.64. The molecule has 6 nitrogen and oxygen atoms in total. The van der Waals surface area contributed by atoms with Gasteiger partial charge in [0.2, 0.25) is 0 Å². The van der Waals surface area contributed by atoms with E-state index in [-0.39, 0.29) is 17.3 Å². The summed E-state index contributed by atoms with van der Waals surface area (Å²) in [5, 5.41) is 13.3. The number of hydrogen-bond donors (Lipinski definition) is 2. The minimum absolute atomic E-state index is 0.0773. The molecule has 124 valence electrons. The third-order valence-electron chi connectivity index (χ3n) is 3.86. The van der Waals surface area contributed by atoms with Gasteiger partial charge in [0.1, 0.15) is 10.3 Å². The molecule has 0 bridgehead atoms. The maximum atomic E-state index is 12.9.